The number of hydroxylamine groups is 1. The molecule has 0 aromatic carbocycles. The monoisotopic (exact) mass is 415 g/mol. The van der Waals surface area contributed by atoms with E-state index in [4.69, 9.17) is 4.84 Å². The third kappa shape index (κ3) is 2.78. The summed E-state index contributed by atoms with van der Waals surface area (Å²) < 4.78 is 16.8. The molecule has 2 fully saturated rings. The topological polar surface area (TPSA) is 99.9 Å². The zero-order valence-electron chi connectivity index (χ0n) is 16.7. The van der Waals surface area contributed by atoms with Crippen LogP contribution in [-0.2, 0) is 4.84 Å². The van der Waals surface area contributed by atoms with Crippen LogP contribution in [0.1, 0.15) is 29.2 Å². The Kier molecular flexibility index (Phi) is 4.13. The highest BCUT2D eigenvalue weighted by molar-refractivity contribution is 5.92. The van der Waals surface area contributed by atoms with Crippen molar-refractivity contribution in [1.29, 1.82) is 0 Å². The number of hydrogen-bond donors (Lipinski definition) is 2. The fourth-order valence-corrected chi connectivity index (χ4v) is 4.61. The van der Waals surface area contributed by atoms with Crippen LogP contribution in [0, 0.1) is 11.2 Å². The Balaban J connectivity index is 1.63. The van der Waals surface area contributed by atoms with Gasteiger partial charge in [0.25, 0.3) is 0 Å². The van der Waals surface area contributed by atoms with Gasteiger partial charge in [0.2, 0.25) is 5.43 Å². The van der Waals surface area contributed by atoms with Crippen LogP contribution in [0.2, 0.25) is 0 Å². The molecule has 4 heterocycles. The molecule has 0 radical (unpaired) electrons. The number of halogens is 1. The first-order chi connectivity index (χ1) is 14.3. The lowest BCUT2D eigenvalue weighted by atomic mass is 9.79. The molecular weight excluding hydrogens is 393 g/mol. The van der Waals surface area contributed by atoms with Gasteiger partial charge in [-0.05, 0) is 26.0 Å². The molecule has 2 aliphatic heterocycles. The summed E-state index contributed by atoms with van der Waals surface area (Å²) in [6.07, 6.45) is 4.86. The third-order valence-corrected chi connectivity index (χ3v) is 6.07. The molecule has 1 spiro atoms. The minimum Gasteiger partial charge on any atom is -0.477 e. The van der Waals surface area contributed by atoms with Gasteiger partial charge in [-0.3, -0.25) is 15.1 Å². The predicted molar refractivity (Wildman–Crippen MR) is 107 cm³/mol. The van der Waals surface area contributed by atoms with Crippen molar-refractivity contribution in [3.05, 3.63) is 45.8 Å². The second-order valence-electron chi connectivity index (χ2n) is 8.41. The molecule has 2 aromatic rings. The Morgan fingerprint density at radius 3 is 2.70 bits per heavy atom. The van der Waals surface area contributed by atoms with E-state index in [1.54, 1.807) is 15.7 Å². The fraction of sp³-hybridized carbons (Fsp3) is 0.450. The Hall–Kier alpha value is -2.98. The molecule has 1 saturated carbocycles. The van der Waals surface area contributed by atoms with E-state index in [2.05, 4.69) is 15.4 Å². The van der Waals surface area contributed by atoms with Gasteiger partial charge in [-0.15, -0.1) is 0 Å². The second kappa shape index (κ2) is 6.51. The van der Waals surface area contributed by atoms with Crippen LogP contribution in [-0.4, -0.2) is 59.3 Å². The lowest BCUT2D eigenvalue weighted by Crippen LogP contribution is -2.58. The van der Waals surface area contributed by atoms with Crippen LogP contribution in [0.5, 0.6) is 0 Å². The van der Waals surface area contributed by atoms with Crippen molar-refractivity contribution in [2.75, 3.05) is 38.7 Å². The summed E-state index contributed by atoms with van der Waals surface area (Å²) in [5.74, 6) is -1.88. The zero-order chi connectivity index (χ0) is 21.2. The molecule has 1 aliphatic carbocycles. The van der Waals surface area contributed by atoms with E-state index in [1.165, 1.54) is 13.3 Å². The van der Waals surface area contributed by atoms with Crippen molar-refractivity contribution < 1.29 is 19.1 Å². The van der Waals surface area contributed by atoms with E-state index in [-0.39, 0.29) is 28.2 Å². The summed E-state index contributed by atoms with van der Waals surface area (Å²) in [5.41, 5.74) is 2.78. The number of fused-ring (bicyclic) bond motifs is 1. The van der Waals surface area contributed by atoms with E-state index in [9.17, 15) is 14.7 Å². The van der Waals surface area contributed by atoms with Crippen LogP contribution in [0.3, 0.4) is 0 Å². The molecule has 0 bridgehead atoms. The van der Waals surface area contributed by atoms with Gasteiger partial charge in [-0.1, -0.05) is 0 Å². The number of aromatic carboxylic acids is 1. The van der Waals surface area contributed by atoms with Gasteiger partial charge >= 0.3 is 5.97 Å². The lowest BCUT2D eigenvalue weighted by Gasteiger charge is -2.47. The van der Waals surface area contributed by atoms with Gasteiger partial charge in [0.1, 0.15) is 11.2 Å². The van der Waals surface area contributed by atoms with Crippen molar-refractivity contribution >= 4 is 22.8 Å². The minimum atomic E-state index is -1.32. The number of carboxylic acids is 1. The van der Waals surface area contributed by atoms with Gasteiger partial charge in [-0.25, -0.2) is 14.2 Å². The Morgan fingerprint density at radius 1 is 1.37 bits per heavy atom. The van der Waals surface area contributed by atoms with Gasteiger partial charge in [-0.2, -0.15) is 0 Å². The fourth-order valence-electron chi connectivity index (χ4n) is 4.61. The molecule has 2 aromatic heterocycles. The van der Waals surface area contributed by atoms with E-state index < -0.39 is 17.2 Å². The first-order valence-corrected chi connectivity index (χ1v) is 9.78. The maximum absolute atomic E-state index is 15.1. The third-order valence-electron chi connectivity index (χ3n) is 6.07. The summed E-state index contributed by atoms with van der Waals surface area (Å²) in [6.45, 7) is 2.13. The average Bonchev–Trinajstić information content (AvgIpc) is 3.44. The molecule has 0 atom stereocenters. The molecular formula is C20H22FN5O4. The maximum Gasteiger partial charge on any atom is 0.341 e. The largest absolute Gasteiger partial charge is 0.477 e. The first kappa shape index (κ1) is 19.0. The maximum atomic E-state index is 15.1. The molecule has 5 rings (SSSR count). The Morgan fingerprint density at radius 2 is 2.10 bits per heavy atom. The summed E-state index contributed by atoms with van der Waals surface area (Å²) in [5, 5.41) is 9.36. The van der Waals surface area contributed by atoms with Gasteiger partial charge in [0.05, 0.1) is 23.6 Å². The van der Waals surface area contributed by atoms with Crippen LogP contribution < -0.4 is 15.8 Å². The van der Waals surface area contributed by atoms with E-state index >= 15 is 4.39 Å². The van der Waals surface area contributed by atoms with Crippen LogP contribution in [0.25, 0.3) is 11.0 Å². The normalized spacial score (nSPS) is 20.5. The number of carbonyl (C=O) groups is 1. The zero-order valence-corrected chi connectivity index (χ0v) is 16.7. The second-order valence-corrected chi connectivity index (χ2v) is 8.41. The molecule has 1 saturated heterocycles. The number of pyridine rings is 2. The summed E-state index contributed by atoms with van der Waals surface area (Å²) in [4.78, 5) is 37.6. The van der Waals surface area contributed by atoms with Crippen LogP contribution in [0.15, 0.2) is 29.0 Å². The summed E-state index contributed by atoms with van der Waals surface area (Å²) in [6, 6.07) is 1.18. The van der Waals surface area contributed by atoms with Crippen molar-refractivity contribution in [2.45, 2.75) is 18.9 Å². The standard InChI is InChI=1S/C20H22FN5O4/c1-24-8-20(9-24)10-25(7-15(20)23-30-2)18-14(21)5-12-16(27)13(19(28)29)6-26(11-3-4-11)17(12)22-18/h5-7,11,23H,3-4,8-10H2,1-2H3,(H,28,29). The number of likely N-dealkylation sites (tertiary alicyclic amines) is 1. The minimum absolute atomic E-state index is 0.0143. The van der Waals surface area contributed by atoms with E-state index in [0.717, 1.165) is 37.7 Å². The number of rotatable bonds is 5. The number of carboxylic acid groups (broad SMARTS) is 1. The smallest absolute Gasteiger partial charge is 0.341 e. The molecule has 30 heavy (non-hydrogen) atoms. The van der Waals surface area contributed by atoms with Crippen LogP contribution in [0.4, 0.5) is 10.2 Å². The van der Waals surface area contributed by atoms with Crippen LogP contribution >= 0.6 is 0 Å². The van der Waals surface area contributed by atoms with Crippen molar-refractivity contribution in [3.8, 4) is 0 Å². The number of hydrogen-bond acceptors (Lipinski definition) is 7. The molecule has 10 heteroatoms. The number of aromatic nitrogens is 2. The molecule has 158 valence electrons. The molecule has 3 aliphatic rings. The SMILES string of the molecule is CONC1=CN(c2nc3c(cc2F)c(=O)c(C(=O)O)cn3C2CC2)CC12CN(C)C2. The number of anilines is 1. The van der Waals surface area contributed by atoms with Gasteiger partial charge < -0.3 is 19.5 Å². The Labute approximate surface area is 171 Å². The Bertz CT molecular complexity index is 1150. The molecule has 0 unspecified atom stereocenters. The highest BCUT2D eigenvalue weighted by atomic mass is 19.1. The van der Waals surface area contributed by atoms with Crippen molar-refractivity contribution in [1.82, 2.24) is 19.9 Å². The van der Waals surface area contributed by atoms with E-state index in [0.29, 0.717) is 12.2 Å². The van der Waals surface area contributed by atoms with Gasteiger partial charge in [0.15, 0.2) is 11.6 Å². The predicted octanol–water partition coefficient (Wildman–Crippen LogP) is 1.31. The van der Waals surface area contributed by atoms with Crippen molar-refractivity contribution in [3.63, 3.8) is 0 Å². The first-order valence-electron chi connectivity index (χ1n) is 9.78. The van der Waals surface area contributed by atoms with E-state index in [1.807, 2.05) is 7.05 Å². The molecule has 9 nitrogen and oxygen atoms in total. The molecule has 2 N–H and O–H groups in total. The molecule has 0 amide bonds. The quantitative estimate of drug-likeness (QED) is 0.706. The summed E-state index contributed by atoms with van der Waals surface area (Å²) in [7, 11) is 3.55. The van der Waals surface area contributed by atoms with Gasteiger partial charge in [0, 0.05) is 38.1 Å². The lowest BCUT2D eigenvalue weighted by molar-refractivity contribution is 0.0261. The highest BCUT2D eigenvalue weighted by Crippen LogP contribution is 2.43. The number of nitrogens with one attached hydrogen (secondary N) is 1. The average molecular weight is 415 g/mol. The summed E-state index contributed by atoms with van der Waals surface area (Å²) >= 11 is 0. The number of nitrogens with zero attached hydrogens (tertiary/aromatic N) is 4. The highest BCUT2D eigenvalue weighted by Gasteiger charge is 2.50. The van der Waals surface area contributed by atoms with Crippen molar-refractivity contribution in [2.24, 2.45) is 5.41 Å².